The number of aromatic amines is 1. The maximum absolute atomic E-state index is 6.90. The Bertz CT molecular complexity index is 1550. The molecule has 6 rings (SSSR count). The average molecular weight is 514 g/mol. The molecule has 3 heterocycles. The van der Waals surface area contributed by atoms with Crippen LogP contribution < -0.4 is 30.7 Å². The predicted molar refractivity (Wildman–Crippen MR) is 147 cm³/mol. The third kappa shape index (κ3) is 3.86. The Balaban J connectivity index is 1.43. The molecule has 188 valence electrons. The zero-order valence-corrected chi connectivity index (χ0v) is 21.5. The molecule has 0 saturated heterocycles. The van der Waals surface area contributed by atoms with E-state index >= 15 is 0 Å². The molecule has 0 amide bonds. The first-order valence-electron chi connectivity index (χ1n) is 11.8. The fourth-order valence-corrected chi connectivity index (χ4v) is 5.75. The molecule has 0 aliphatic carbocycles. The van der Waals surface area contributed by atoms with Crippen LogP contribution in [0.1, 0.15) is 17.4 Å². The van der Waals surface area contributed by atoms with Crippen molar-refractivity contribution >= 4 is 38.7 Å². The molecule has 5 N–H and O–H groups in total. The minimum Gasteiger partial charge on any atom is -0.493 e. The Labute approximate surface area is 218 Å². The normalized spacial score (nSPS) is 17.2. The largest absolute Gasteiger partial charge is 0.493 e. The molecule has 0 spiro atoms. The van der Waals surface area contributed by atoms with Crippen LogP contribution in [-0.4, -0.2) is 35.7 Å². The molecular formula is C27H27N7O2S. The van der Waals surface area contributed by atoms with Crippen LogP contribution in [0, 0.1) is 6.92 Å². The summed E-state index contributed by atoms with van der Waals surface area (Å²) in [7, 11) is 3.22. The fourth-order valence-electron chi connectivity index (χ4n) is 4.78. The predicted octanol–water partition coefficient (Wildman–Crippen LogP) is 4.87. The zero-order valence-electron chi connectivity index (χ0n) is 20.7. The smallest absolute Gasteiger partial charge is 0.162 e. The highest BCUT2D eigenvalue weighted by Crippen LogP contribution is 2.46. The van der Waals surface area contributed by atoms with Crippen molar-refractivity contribution in [1.82, 2.24) is 15.2 Å². The number of nitrogens with two attached hydrogens (primary N) is 2. The van der Waals surface area contributed by atoms with Crippen molar-refractivity contribution in [1.29, 1.82) is 0 Å². The van der Waals surface area contributed by atoms with Gasteiger partial charge in [-0.3, -0.25) is 15.7 Å². The van der Waals surface area contributed by atoms with Gasteiger partial charge in [-0.1, -0.05) is 12.1 Å². The van der Waals surface area contributed by atoms with Gasteiger partial charge in [0, 0.05) is 34.6 Å². The van der Waals surface area contributed by atoms with Crippen molar-refractivity contribution in [2.24, 2.45) is 11.5 Å². The molecule has 9 nitrogen and oxygen atoms in total. The molecule has 1 aliphatic heterocycles. The number of anilines is 3. The summed E-state index contributed by atoms with van der Waals surface area (Å²) < 4.78 is 12.3. The first kappa shape index (κ1) is 23.3. The molecule has 37 heavy (non-hydrogen) atoms. The Morgan fingerprint density at radius 3 is 2.35 bits per heavy atom. The molecule has 0 fully saturated rings. The molecule has 2 aromatic heterocycles. The van der Waals surface area contributed by atoms with Crippen LogP contribution in [-0.2, 0) is 0 Å². The molecular weight excluding hydrogens is 486 g/mol. The van der Waals surface area contributed by atoms with Crippen molar-refractivity contribution in [2.45, 2.75) is 19.4 Å². The Hall–Kier alpha value is -4.12. The Kier molecular flexibility index (Phi) is 5.71. The molecule has 3 aromatic carbocycles. The third-order valence-electron chi connectivity index (χ3n) is 6.61. The number of methoxy groups -OCH3 is 2. The molecule has 10 heteroatoms. The lowest BCUT2D eigenvalue weighted by Crippen LogP contribution is -2.59. The maximum atomic E-state index is 6.90. The van der Waals surface area contributed by atoms with Crippen molar-refractivity contribution in [2.75, 3.05) is 24.0 Å². The van der Waals surface area contributed by atoms with Gasteiger partial charge < -0.3 is 20.1 Å². The number of nitrogens with one attached hydrogen (secondary N) is 1. The summed E-state index contributed by atoms with van der Waals surface area (Å²) in [5.41, 5.74) is 19.2. The number of para-hydroxylation sites is 1. The first-order valence-corrected chi connectivity index (χ1v) is 12.6. The highest BCUT2D eigenvalue weighted by atomic mass is 32.1. The lowest BCUT2D eigenvalue weighted by atomic mass is 10.0. The van der Waals surface area contributed by atoms with E-state index in [1.54, 1.807) is 25.6 Å². The molecule has 2 atom stereocenters. The average Bonchev–Trinajstić information content (AvgIpc) is 3.55. The molecule has 0 saturated carbocycles. The standard InChI is InChI=1S/C27H27N7O2S/c1-15-12-24(32-31-15)34-20-14-22(36-3)21(35-2)13-18(20)25(28)33(27(34)29)17-10-8-16(9-11-17)26-30-19-6-4-5-7-23(19)37-26/h4-14,25,27H,28-29H2,1-3H3,(H,31,32). The number of nitrogens with zero attached hydrogens (tertiary/aromatic N) is 4. The SMILES string of the molecule is COc1cc2c(cc1OC)N(c1cc(C)[nH]n1)C(N)N(c1ccc(-c3nc4ccccc4s3)cc1)C2N. The van der Waals surface area contributed by atoms with Gasteiger partial charge in [0.2, 0.25) is 0 Å². The number of hydrogen-bond donors (Lipinski definition) is 3. The minimum absolute atomic E-state index is 0.533. The number of aromatic nitrogens is 3. The van der Waals surface area contributed by atoms with E-state index in [4.69, 9.17) is 25.9 Å². The molecule has 0 bridgehead atoms. The Morgan fingerprint density at radius 1 is 0.946 bits per heavy atom. The number of rotatable bonds is 5. The van der Waals surface area contributed by atoms with E-state index in [2.05, 4.69) is 28.4 Å². The Morgan fingerprint density at radius 2 is 1.68 bits per heavy atom. The topological polar surface area (TPSA) is 119 Å². The lowest BCUT2D eigenvalue weighted by molar-refractivity contribution is 0.353. The van der Waals surface area contributed by atoms with E-state index in [0.29, 0.717) is 17.3 Å². The van der Waals surface area contributed by atoms with E-state index in [-0.39, 0.29) is 0 Å². The first-order chi connectivity index (χ1) is 18.0. The summed E-state index contributed by atoms with van der Waals surface area (Å²) in [6.07, 6.45) is -1.16. The van der Waals surface area contributed by atoms with E-state index in [1.165, 1.54) is 0 Å². The summed E-state index contributed by atoms with van der Waals surface area (Å²) in [6.45, 7) is 1.95. The molecule has 0 radical (unpaired) electrons. The van der Waals surface area contributed by atoms with Crippen LogP contribution in [0.3, 0.4) is 0 Å². The van der Waals surface area contributed by atoms with Crippen molar-refractivity contribution in [3.63, 3.8) is 0 Å². The van der Waals surface area contributed by atoms with Gasteiger partial charge in [-0.2, -0.15) is 5.10 Å². The number of H-pyrrole nitrogens is 1. The fraction of sp³-hybridized carbons (Fsp3) is 0.185. The molecule has 5 aromatic rings. The van der Waals surface area contributed by atoms with Gasteiger partial charge in [0.15, 0.2) is 23.6 Å². The van der Waals surface area contributed by atoms with Gasteiger partial charge in [0.1, 0.15) is 11.2 Å². The number of hydrogen-bond acceptors (Lipinski definition) is 9. The highest BCUT2D eigenvalue weighted by Gasteiger charge is 2.38. The van der Waals surface area contributed by atoms with E-state index in [1.807, 2.05) is 65.3 Å². The molecule has 2 unspecified atom stereocenters. The summed E-state index contributed by atoms with van der Waals surface area (Å²) in [6, 6.07) is 22.1. The second-order valence-corrected chi connectivity index (χ2v) is 9.88. The monoisotopic (exact) mass is 513 g/mol. The second-order valence-electron chi connectivity index (χ2n) is 8.84. The lowest BCUT2D eigenvalue weighted by Gasteiger charge is -2.47. The van der Waals surface area contributed by atoms with E-state index < -0.39 is 12.5 Å². The van der Waals surface area contributed by atoms with Crippen molar-refractivity contribution < 1.29 is 9.47 Å². The highest BCUT2D eigenvalue weighted by molar-refractivity contribution is 7.21. The number of benzene rings is 3. The van der Waals surface area contributed by atoms with Crippen LogP contribution in [0.25, 0.3) is 20.8 Å². The van der Waals surface area contributed by atoms with Gasteiger partial charge >= 0.3 is 0 Å². The van der Waals surface area contributed by atoms with Crippen LogP contribution >= 0.6 is 11.3 Å². The van der Waals surface area contributed by atoms with Crippen LogP contribution in [0.2, 0.25) is 0 Å². The van der Waals surface area contributed by atoms with Gasteiger partial charge in [-0.05, 0) is 49.4 Å². The van der Waals surface area contributed by atoms with Crippen molar-refractivity contribution in [3.05, 3.63) is 78.0 Å². The van der Waals surface area contributed by atoms with Crippen LogP contribution in [0.4, 0.5) is 17.2 Å². The van der Waals surface area contributed by atoms with Crippen LogP contribution in [0.5, 0.6) is 11.5 Å². The van der Waals surface area contributed by atoms with Gasteiger partial charge in [-0.15, -0.1) is 11.3 Å². The number of fused-ring (bicyclic) bond motifs is 2. The number of ether oxygens (including phenoxy) is 2. The minimum atomic E-state index is -0.628. The summed E-state index contributed by atoms with van der Waals surface area (Å²) in [4.78, 5) is 8.71. The van der Waals surface area contributed by atoms with Gasteiger partial charge in [-0.25, -0.2) is 4.98 Å². The van der Waals surface area contributed by atoms with Gasteiger partial charge in [0.05, 0.1) is 30.1 Å². The summed E-state index contributed by atoms with van der Waals surface area (Å²) >= 11 is 1.67. The summed E-state index contributed by atoms with van der Waals surface area (Å²) in [5, 5.41) is 8.47. The van der Waals surface area contributed by atoms with E-state index in [0.717, 1.165) is 43.4 Å². The molecule has 1 aliphatic rings. The van der Waals surface area contributed by atoms with Crippen molar-refractivity contribution in [3.8, 4) is 22.1 Å². The number of thiazole rings is 1. The van der Waals surface area contributed by atoms with Gasteiger partial charge in [0.25, 0.3) is 0 Å². The van der Waals surface area contributed by atoms with E-state index in [9.17, 15) is 0 Å². The summed E-state index contributed by atoms with van der Waals surface area (Å²) in [5.74, 6) is 1.87. The van der Waals surface area contributed by atoms with Crippen LogP contribution in [0.15, 0.2) is 66.7 Å². The third-order valence-corrected chi connectivity index (χ3v) is 7.69. The maximum Gasteiger partial charge on any atom is 0.162 e. The number of aryl methyl sites for hydroxylation is 1. The second kappa shape index (κ2) is 9.07. The zero-order chi connectivity index (χ0) is 25.7. The quantitative estimate of drug-likeness (QED) is 0.305.